The van der Waals surface area contributed by atoms with E-state index in [4.69, 9.17) is 9.97 Å². The van der Waals surface area contributed by atoms with E-state index in [-0.39, 0.29) is 0 Å². The Labute approximate surface area is 344 Å². The van der Waals surface area contributed by atoms with Crippen molar-refractivity contribution in [2.75, 3.05) is 0 Å². The van der Waals surface area contributed by atoms with Crippen LogP contribution < -0.4 is 0 Å². The van der Waals surface area contributed by atoms with Crippen LogP contribution in [0.1, 0.15) is 55.9 Å². The molecule has 3 aliphatic rings. The number of hydrogen-bond acceptors (Lipinski definition) is 2. The standard InChI is InChI=1S/C56H39N3/c1-36-15-12-25-51(57-36)38-29-31-47-49(33-38)55(40-17-4-3-5-18-40)45-23-8-9-24-46(45)56(47,48-32-30-39(34-50(48)55)52-26-13-16-37(2)58-52)41-19-14-20-42(35-41)59-53-27-10-6-21-43(53)44-22-7-11-28-54(44)59/h3-35H,1-2H3. The van der Waals surface area contributed by atoms with E-state index in [9.17, 15) is 0 Å². The first-order valence-corrected chi connectivity index (χ1v) is 20.5. The molecule has 3 heterocycles. The number of aryl methyl sites for hydroxylation is 2. The summed E-state index contributed by atoms with van der Waals surface area (Å²) in [7, 11) is 0. The normalized spacial score (nSPS) is 17.5. The molecule has 0 unspecified atom stereocenters. The number of fused-ring (bicyclic) bond motifs is 3. The van der Waals surface area contributed by atoms with Gasteiger partial charge in [-0.1, -0.05) is 140 Å². The van der Waals surface area contributed by atoms with Gasteiger partial charge in [-0.25, -0.2) is 0 Å². The lowest BCUT2D eigenvalue weighted by Crippen LogP contribution is -2.52. The summed E-state index contributed by atoms with van der Waals surface area (Å²) >= 11 is 0. The fourth-order valence-corrected chi connectivity index (χ4v) is 10.8. The molecular formula is C56H39N3. The maximum absolute atomic E-state index is 5.05. The molecule has 278 valence electrons. The summed E-state index contributed by atoms with van der Waals surface area (Å²) in [6.45, 7) is 4.14. The maximum atomic E-state index is 5.05. The zero-order chi connectivity index (χ0) is 39.3. The minimum Gasteiger partial charge on any atom is -0.309 e. The molecule has 0 N–H and O–H groups in total. The van der Waals surface area contributed by atoms with E-state index in [0.29, 0.717) is 0 Å². The van der Waals surface area contributed by atoms with Crippen molar-refractivity contribution >= 4 is 21.8 Å². The molecule has 3 aromatic heterocycles. The van der Waals surface area contributed by atoms with Gasteiger partial charge in [0.25, 0.3) is 0 Å². The molecule has 0 aliphatic heterocycles. The lowest BCUT2D eigenvalue weighted by atomic mass is 9.44. The summed E-state index contributed by atoms with van der Waals surface area (Å²) in [4.78, 5) is 10.1. The molecule has 0 amide bonds. The zero-order valence-corrected chi connectivity index (χ0v) is 32.9. The molecule has 3 heteroatoms. The second-order valence-electron chi connectivity index (χ2n) is 16.2. The fraction of sp³-hybridized carbons (Fsp3) is 0.0714. The maximum Gasteiger partial charge on any atom is 0.0712 e. The largest absolute Gasteiger partial charge is 0.309 e. The minimum atomic E-state index is -0.635. The van der Waals surface area contributed by atoms with Crippen LogP contribution in [0.2, 0.25) is 0 Å². The van der Waals surface area contributed by atoms with Crippen LogP contribution in [0, 0.1) is 13.8 Å². The average molecular weight is 754 g/mol. The van der Waals surface area contributed by atoms with E-state index in [1.165, 1.54) is 66.3 Å². The smallest absolute Gasteiger partial charge is 0.0712 e. The molecule has 0 fully saturated rings. The molecule has 0 saturated carbocycles. The van der Waals surface area contributed by atoms with Crippen LogP contribution in [0.25, 0.3) is 50.0 Å². The van der Waals surface area contributed by atoms with Crippen LogP contribution >= 0.6 is 0 Å². The van der Waals surface area contributed by atoms with Crippen LogP contribution in [0.4, 0.5) is 0 Å². The van der Waals surface area contributed by atoms with Crippen LogP contribution in [0.5, 0.6) is 0 Å². The van der Waals surface area contributed by atoms with Crippen LogP contribution in [-0.2, 0) is 10.8 Å². The van der Waals surface area contributed by atoms with E-state index in [0.717, 1.165) is 39.6 Å². The van der Waals surface area contributed by atoms with E-state index >= 15 is 0 Å². The van der Waals surface area contributed by atoms with Gasteiger partial charge in [-0.15, -0.1) is 0 Å². The van der Waals surface area contributed by atoms with Crippen LogP contribution in [-0.4, -0.2) is 14.5 Å². The lowest BCUT2D eigenvalue weighted by molar-refractivity contribution is 0.557. The summed E-state index contributed by atoms with van der Waals surface area (Å²) < 4.78 is 2.44. The first-order chi connectivity index (χ1) is 29.1. The average Bonchev–Trinajstić information content (AvgIpc) is 3.63. The highest BCUT2D eigenvalue weighted by Gasteiger charge is 2.60. The minimum absolute atomic E-state index is 0.617. The number of nitrogens with zero attached hydrogens (tertiary/aromatic N) is 3. The molecule has 2 bridgehead atoms. The molecule has 7 aromatic carbocycles. The Morgan fingerprint density at radius 3 is 1.37 bits per heavy atom. The Morgan fingerprint density at radius 2 is 0.814 bits per heavy atom. The second kappa shape index (κ2) is 12.6. The van der Waals surface area contributed by atoms with Crippen molar-refractivity contribution < 1.29 is 0 Å². The lowest BCUT2D eigenvalue weighted by Gasteiger charge is -2.57. The van der Waals surface area contributed by atoms with Gasteiger partial charge in [0.15, 0.2) is 0 Å². The predicted molar refractivity (Wildman–Crippen MR) is 240 cm³/mol. The van der Waals surface area contributed by atoms with Gasteiger partial charge >= 0.3 is 0 Å². The van der Waals surface area contributed by atoms with Crippen molar-refractivity contribution in [2.45, 2.75) is 24.7 Å². The molecular weight excluding hydrogens is 715 g/mol. The Balaban J connectivity index is 1.23. The third-order valence-corrected chi connectivity index (χ3v) is 13.1. The Morgan fingerprint density at radius 1 is 0.356 bits per heavy atom. The number of pyridine rings is 2. The topological polar surface area (TPSA) is 30.7 Å². The monoisotopic (exact) mass is 753 g/mol. The summed E-state index contributed by atoms with van der Waals surface area (Å²) in [6, 6.07) is 74.2. The molecule has 10 aromatic rings. The molecule has 3 aliphatic carbocycles. The van der Waals surface area contributed by atoms with Crippen molar-refractivity contribution in [1.82, 2.24) is 14.5 Å². The van der Waals surface area contributed by atoms with Gasteiger partial charge in [0.05, 0.1) is 33.3 Å². The number of hydrogen-bond donors (Lipinski definition) is 0. The second-order valence-corrected chi connectivity index (χ2v) is 16.2. The summed E-state index contributed by atoms with van der Waals surface area (Å²) in [5.41, 5.74) is 18.7. The highest BCUT2D eigenvalue weighted by molar-refractivity contribution is 6.09. The van der Waals surface area contributed by atoms with E-state index < -0.39 is 10.8 Å². The van der Waals surface area contributed by atoms with Gasteiger partial charge in [-0.2, -0.15) is 0 Å². The fourth-order valence-electron chi connectivity index (χ4n) is 10.8. The zero-order valence-electron chi connectivity index (χ0n) is 32.9. The van der Waals surface area contributed by atoms with Gasteiger partial charge in [0.1, 0.15) is 0 Å². The van der Waals surface area contributed by atoms with E-state index in [1.54, 1.807) is 0 Å². The van der Waals surface area contributed by atoms with Gasteiger partial charge in [-0.05, 0) is 119 Å². The molecule has 13 rings (SSSR count). The van der Waals surface area contributed by atoms with Crippen molar-refractivity contribution in [3.63, 3.8) is 0 Å². The van der Waals surface area contributed by atoms with E-state index in [1.807, 2.05) is 0 Å². The van der Waals surface area contributed by atoms with Crippen LogP contribution in [0.3, 0.4) is 0 Å². The number of benzene rings is 7. The van der Waals surface area contributed by atoms with Crippen molar-refractivity contribution in [1.29, 1.82) is 0 Å². The molecule has 0 saturated heterocycles. The Bertz CT molecular complexity index is 3170. The molecule has 0 radical (unpaired) electrons. The van der Waals surface area contributed by atoms with Crippen LogP contribution in [0.15, 0.2) is 200 Å². The van der Waals surface area contributed by atoms with E-state index in [2.05, 4.69) is 219 Å². The van der Waals surface area contributed by atoms with Gasteiger partial charge in [-0.3, -0.25) is 9.97 Å². The summed E-state index contributed by atoms with van der Waals surface area (Å²) in [6.07, 6.45) is 0. The van der Waals surface area contributed by atoms with Crippen molar-refractivity contribution in [3.8, 4) is 28.2 Å². The summed E-state index contributed by atoms with van der Waals surface area (Å²) in [5, 5.41) is 2.51. The first kappa shape index (κ1) is 33.7. The van der Waals surface area contributed by atoms with Gasteiger partial charge in [0.2, 0.25) is 0 Å². The molecule has 3 nitrogen and oxygen atoms in total. The molecule has 0 spiro atoms. The van der Waals surface area contributed by atoms with Gasteiger partial charge < -0.3 is 4.57 Å². The number of rotatable bonds is 5. The van der Waals surface area contributed by atoms with Crippen molar-refractivity contribution in [3.05, 3.63) is 256 Å². The SMILES string of the molecule is Cc1cccc(-c2ccc3c(c2)C2(c4ccccc4)c4ccccc4C3(c3cccc(-n4c5ccccc5c5ccccc54)c3)c3ccc(-c4cccc(C)n4)cc32)n1. The quantitative estimate of drug-likeness (QED) is 0.175. The third kappa shape index (κ3) is 4.59. The summed E-state index contributed by atoms with van der Waals surface area (Å²) in [5.74, 6) is 0. The number of para-hydroxylation sites is 2. The molecule has 59 heavy (non-hydrogen) atoms. The Kier molecular flexibility index (Phi) is 7.19. The Hall–Kier alpha value is -7.36. The van der Waals surface area contributed by atoms with Crippen molar-refractivity contribution in [2.24, 2.45) is 0 Å². The molecule has 0 atom stereocenters. The van der Waals surface area contributed by atoms with Gasteiger partial charge in [0, 0.05) is 39.0 Å². The highest BCUT2D eigenvalue weighted by atomic mass is 15.0. The predicted octanol–water partition coefficient (Wildman–Crippen LogP) is 12.9. The first-order valence-electron chi connectivity index (χ1n) is 20.5. The highest BCUT2D eigenvalue weighted by Crippen LogP contribution is 2.66. The number of aromatic nitrogens is 3. The third-order valence-electron chi connectivity index (χ3n) is 13.1.